The van der Waals surface area contributed by atoms with E-state index in [1.807, 2.05) is 18.2 Å². The maximum atomic E-state index is 15.1. The Labute approximate surface area is 201 Å². The number of hydrogen-bond acceptors (Lipinski definition) is 3. The Hall–Kier alpha value is -3.71. The molecule has 2 amide bonds. The molecule has 2 aromatic carbocycles. The van der Waals surface area contributed by atoms with Crippen LogP contribution in [0.5, 0.6) is 0 Å². The average Bonchev–Trinajstić information content (AvgIpc) is 2.77. The number of anilines is 2. The molecule has 3 rings (SSSR count). The van der Waals surface area contributed by atoms with Crippen LogP contribution in [0.25, 0.3) is 5.57 Å². The third-order valence-electron chi connectivity index (χ3n) is 5.29. The van der Waals surface area contributed by atoms with Gasteiger partial charge in [-0.3, -0.25) is 9.59 Å². The van der Waals surface area contributed by atoms with Gasteiger partial charge in [0.15, 0.2) is 11.5 Å². The standard InChI is InChI=1S/C26H24ClFN2O4/c1-17-8-9-18(5-2-3-14-26(28,24(17)33)16-23(31)32)19-10-12-21(13-11-19)29-25(34)30-22-7-4-6-20(27)15-22/h4-13,15H,1-3,14,16H2,(H,31,32)(H2,29,30,34)/b9-8-,18-5+. The fraction of sp³-hybridized carbons (Fsp3) is 0.192. The fourth-order valence-corrected chi connectivity index (χ4v) is 3.79. The minimum absolute atomic E-state index is 0.0903. The van der Waals surface area contributed by atoms with Crippen molar-refractivity contribution < 1.29 is 23.9 Å². The summed E-state index contributed by atoms with van der Waals surface area (Å²) in [5.41, 5.74) is 0.213. The van der Waals surface area contributed by atoms with E-state index in [-0.39, 0.29) is 12.0 Å². The van der Waals surface area contributed by atoms with Crippen LogP contribution >= 0.6 is 11.6 Å². The van der Waals surface area contributed by atoms with Crippen molar-refractivity contribution in [2.24, 2.45) is 0 Å². The lowest BCUT2D eigenvalue weighted by molar-refractivity contribution is -0.144. The van der Waals surface area contributed by atoms with Gasteiger partial charge in [-0.15, -0.1) is 0 Å². The number of allylic oxidation sites excluding steroid dienone is 5. The Morgan fingerprint density at radius 2 is 1.79 bits per heavy atom. The molecule has 1 aliphatic carbocycles. The van der Waals surface area contributed by atoms with Gasteiger partial charge in [0.1, 0.15) is 0 Å². The number of hydrogen-bond donors (Lipinski definition) is 3. The van der Waals surface area contributed by atoms with E-state index in [0.717, 1.165) is 11.1 Å². The van der Waals surface area contributed by atoms with Crippen LogP contribution in [0, 0.1) is 0 Å². The zero-order valence-electron chi connectivity index (χ0n) is 18.3. The number of nitrogens with one attached hydrogen (secondary N) is 2. The van der Waals surface area contributed by atoms with Gasteiger partial charge in [0, 0.05) is 22.0 Å². The Bertz CT molecular complexity index is 1170. The monoisotopic (exact) mass is 482 g/mol. The SMILES string of the molecule is C=C1/C=C\C(c2ccc(NC(=O)Nc3cccc(Cl)c3)cc2)=C/CCCC(F)(CC(=O)O)C1=O. The normalized spacial score (nSPS) is 21.2. The summed E-state index contributed by atoms with van der Waals surface area (Å²) in [6, 6.07) is 13.5. The molecule has 1 unspecified atom stereocenters. The number of carbonyl (C=O) groups is 3. The first-order valence-electron chi connectivity index (χ1n) is 10.6. The predicted molar refractivity (Wildman–Crippen MR) is 132 cm³/mol. The molecule has 0 aromatic heterocycles. The number of amides is 2. The summed E-state index contributed by atoms with van der Waals surface area (Å²) in [6.45, 7) is 3.63. The molecule has 0 saturated carbocycles. The number of rotatable bonds is 5. The minimum Gasteiger partial charge on any atom is -0.481 e. The molecule has 6 nitrogen and oxygen atoms in total. The summed E-state index contributed by atoms with van der Waals surface area (Å²) in [5.74, 6) is -2.27. The Morgan fingerprint density at radius 1 is 1.09 bits per heavy atom. The van der Waals surface area contributed by atoms with Crippen molar-refractivity contribution in [2.45, 2.75) is 31.4 Å². The van der Waals surface area contributed by atoms with E-state index in [4.69, 9.17) is 16.7 Å². The molecule has 2 aromatic rings. The van der Waals surface area contributed by atoms with E-state index in [1.54, 1.807) is 42.5 Å². The lowest BCUT2D eigenvalue weighted by Gasteiger charge is -2.23. The first-order chi connectivity index (χ1) is 16.2. The Morgan fingerprint density at radius 3 is 2.47 bits per heavy atom. The molecule has 8 heteroatoms. The van der Waals surface area contributed by atoms with Crippen LogP contribution in [0.1, 0.15) is 31.2 Å². The smallest absolute Gasteiger partial charge is 0.323 e. The molecule has 1 aliphatic rings. The van der Waals surface area contributed by atoms with E-state index >= 15 is 4.39 Å². The molecule has 176 valence electrons. The van der Waals surface area contributed by atoms with Gasteiger partial charge in [-0.1, -0.05) is 54.6 Å². The molecule has 0 spiro atoms. The van der Waals surface area contributed by atoms with E-state index in [2.05, 4.69) is 17.2 Å². The Kier molecular flexibility index (Phi) is 8.02. The zero-order valence-corrected chi connectivity index (χ0v) is 19.1. The number of carboxylic acids is 1. The van der Waals surface area contributed by atoms with Gasteiger partial charge in [-0.25, -0.2) is 9.18 Å². The maximum Gasteiger partial charge on any atom is 0.323 e. The van der Waals surface area contributed by atoms with Crippen molar-refractivity contribution in [3.8, 4) is 0 Å². The van der Waals surface area contributed by atoms with Gasteiger partial charge < -0.3 is 15.7 Å². The summed E-state index contributed by atoms with van der Waals surface area (Å²) in [5, 5.41) is 14.9. The summed E-state index contributed by atoms with van der Waals surface area (Å²) in [4.78, 5) is 35.7. The van der Waals surface area contributed by atoms with Crippen molar-refractivity contribution in [1.82, 2.24) is 0 Å². The lowest BCUT2D eigenvalue weighted by atomic mass is 9.85. The first-order valence-corrected chi connectivity index (χ1v) is 11.0. The molecular formula is C26H24ClFN2O4. The van der Waals surface area contributed by atoms with Gasteiger partial charge in [-0.05, 0) is 60.7 Å². The van der Waals surface area contributed by atoms with Crippen LogP contribution in [-0.2, 0) is 9.59 Å². The fourth-order valence-electron chi connectivity index (χ4n) is 3.60. The summed E-state index contributed by atoms with van der Waals surface area (Å²) < 4.78 is 15.1. The van der Waals surface area contributed by atoms with Crippen molar-refractivity contribution in [3.05, 3.63) is 89.5 Å². The largest absolute Gasteiger partial charge is 0.481 e. The minimum atomic E-state index is -2.46. The number of ketones is 1. The number of alkyl halides is 1. The maximum absolute atomic E-state index is 15.1. The third kappa shape index (κ3) is 6.65. The summed E-state index contributed by atoms with van der Waals surface area (Å²) in [6.07, 6.45) is 4.65. The zero-order chi connectivity index (χ0) is 24.7. The van der Waals surface area contributed by atoms with Crippen LogP contribution in [-0.4, -0.2) is 28.6 Å². The first kappa shape index (κ1) is 24.9. The highest BCUT2D eigenvalue weighted by Gasteiger charge is 2.40. The molecule has 3 N–H and O–H groups in total. The quantitative estimate of drug-likeness (QED) is 0.429. The van der Waals surface area contributed by atoms with Crippen LogP contribution in [0.2, 0.25) is 5.02 Å². The number of Topliss-reactive ketones (excluding diaryl/α,β-unsaturated/α-hetero) is 1. The Balaban J connectivity index is 1.69. The second kappa shape index (κ2) is 10.9. The molecule has 0 fully saturated rings. The topological polar surface area (TPSA) is 95.5 Å². The summed E-state index contributed by atoms with van der Waals surface area (Å²) >= 11 is 5.92. The van der Waals surface area contributed by atoms with E-state index in [1.165, 1.54) is 6.08 Å². The molecule has 1 atom stereocenters. The second-order valence-electron chi connectivity index (χ2n) is 7.94. The van der Waals surface area contributed by atoms with E-state index in [9.17, 15) is 14.4 Å². The van der Waals surface area contributed by atoms with Gasteiger partial charge in [-0.2, -0.15) is 0 Å². The van der Waals surface area contributed by atoms with Crippen molar-refractivity contribution in [1.29, 1.82) is 0 Å². The molecule has 0 saturated heterocycles. The second-order valence-corrected chi connectivity index (χ2v) is 8.38. The van der Waals surface area contributed by atoms with E-state index in [0.29, 0.717) is 29.2 Å². The van der Waals surface area contributed by atoms with Crippen molar-refractivity contribution in [3.63, 3.8) is 0 Å². The van der Waals surface area contributed by atoms with Crippen molar-refractivity contribution >= 4 is 46.3 Å². The van der Waals surface area contributed by atoms with Crippen LogP contribution < -0.4 is 10.6 Å². The number of carboxylic acid groups (broad SMARTS) is 1. The number of urea groups is 1. The van der Waals surface area contributed by atoms with Gasteiger partial charge in [0.25, 0.3) is 0 Å². The highest BCUT2D eigenvalue weighted by Crippen LogP contribution is 2.31. The van der Waals surface area contributed by atoms with E-state index < -0.39 is 29.9 Å². The number of benzene rings is 2. The molecule has 0 radical (unpaired) electrons. The van der Waals surface area contributed by atoms with Crippen LogP contribution in [0.15, 0.2) is 78.9 Å². The predicted octanol–water partition coefficient (Wildman–Crippen LogP) is 6.42. The van der Waals surface area contributed by atoms with Gasteiger partial charge >= 0.3 is 12.0 Å². The van der Waals surface area contributed by atoms with Crippen LogP contribution in [0.4, 0.5) is 20.6 Å². The van der Waals surface area contributed by atoms with Gasteiger partial charge in [0.05, 0.1) is 6.42 Å². The third-order valence-corrected chi connectivity index (χ3v) is 5.53. The molecule has 34 heavy (non-hydrogen) atoms. The number of carbonyl (C=O) groups excluding carboxylic acids is 2. The lowest BCUT2D eigenvalue weighted by Crippen LogP contribution is -2.37. The highest BCUT2D eigenvalue weighted by molar-refractivity contribution is 6.30. The molecule has 0 heterocycles. The summed E-state index contributed by atoms with van der Waals surface area (Å²) in [7, 11) is 0. The molecule has 0 aliphatic heterocycles. The average molecular weight is 483 g/mol. The molecular weight excluding hydrogens is 459 g/mol. The highest BCUT2D eigenvalue weighted by atomic mass is 35.5. The van der Waals surface area contributed by atoms with Crippen molar-refractivity contribution in [2.75, 3.05) is 10.6 Å². The number of aliphatic carboxylic acids is 1. The van der Waals surface area contributed by atoms with Gasteiger partial charge in [0.2, 0.25) is 0 Å². The molecule has 0 bridgehead atoms. The van der Waals surface area contributed by atoms with Crippen LogP contribution in [0.3, 0.4) is 0 Å². The number of halogens is 2.